The lowest BCUT2D eigenvalue weighted by Gasteiger charge is -2.39. The van der Waals surface area contributed by atoms with Crippen LogP contribution >= 0.6 is 0 Å². The van der Waals surface area contributed by atoms with E-state index >= 15 is 0 Å². The van der Waals surface area contributed by atoms with Gasteiger partial charge < -0.3 is 14.8 Å². The molecule has 3 fully saturated rings. The second-order valence-corrected chi connectivity index (χ2v) is 8.79. The van der Waals surface area contributed by atoms with Gasteiger partial charge in [-0.1, -0.05) is 30.3 Å². The van der Waals surface area contributed by atoms with Crippen LogP contribution in [0.1, 0.15) is 38.2 Å². The molecule has 1 aromatic carbocycles. The fraction of sp³-hybridized carbons (Fsp3) is 0.696. The predicted octanol–water partition coefficient (Wildman–Crippen LogP) is 2.04. The topological polar surface area (TPSA) is 54.0 Å². The van der Waals surface area contributed by atoms with Crippen LogP contribution in [-0.4, -0.2) is 79.4 Å². The van der Waals surface area contributed by atoms with E-state index in [9.17, 15) is 4.79 Å². The van der Waals surface area contributed by atoms with Gasteiger partial charge in [0.1, 0.15) is 0 Å². The predicted molar refractivity (Wildman–Crippen MR) is 113 cm³/mol. The molecule has 0 aromatic heterocycles. The maximum atomic E-state index is 12.5. The van der Waals surface area contributed by atoms with E-state index in [2.05, 4.69) is 45.4 Å². The number of piperidine rings is 1. The van der Waals surface area contributed by atoms with E-state index in [1.165, 1.54) is 5.56 Å². The molecule has 0 radical (unpaired) electrons. The molecular formula is C23H35N3O3. The molecule has 3 heterocycles. The summed E-state index contributed by atoms with van der Waals surface area (Å²) < 4.78 is 11.9. The van der Waals surface area contributed by atoms with Crippen molar-refractivity contribution in [1.29, 1.82) is 0 Å². The molecule has 1 N–H and O–H groups in total. The third kappa shape index (κ3) is 5.37. The first-order valence-corrected chi connectivity index (χ1v) is 11.2. The van der Waals surface area contributed by atoms with E-state index < -0.39 is 0 Å². The maximum absolute atomic E-state index is 12.5. The smallest absolute Gasteiger partial charge is 0.237 e. The summed E-state index contributed by atoms with van der Waals surface area (Å²) in [6.07, 6.45) is 4.50. The Labute approximate surface area is 174 Å². The SMILES string of the molecule is C[C@H](C(=O)NC[C@H]1CCC2(CCN(Cc3ccccc3)CC2)O1)N1CCOCC1. The molecule has 0 bridgehead atoms. The molecule has 160 valence electrons. The average molecular weight is 402 g/mol. The third-order valence-corrected chi connectivity index (χ3v) is 6.83. The van der Waals surface area contributed by atoms with Crippen LogP contribution in [0.25, 0.3) is 0 Å². The Balaban J connectivity index is 1.19. The van der Waals surface area contributed by atoms with E-state index in [-0.39, 0.29) is 23.7 Å². The normalized spacial score (nSPS) is 26.4. The molecule has 3 aliphatic heterocycles. The minimum absolute atomic E-state index is 0.0262. The van der Waals surface area contributed by atoms with E-state index in [1.54, 1.807) is 0 Å². The highest BCUT2D eigenvalue weighted by Crippen LogP contribution is 2.39. The van der Waals surface area contributed by atoms with Crippen molar-refractivity contribution in [2.75, 3.05) is 45.9 Å². The van der Waals surface area contributed by atoms with Crippen molar-refractivity contribution in [3.63, 3.8) is 0 Å². The van der Waals surface area contributed by atoms with Gasteiger partial charge in [0.25, 0.3) is 0 Å². The second kappa shape index (κ2) is 9.56. The molecule has 1 aromatic rings. The molecule has 2 atom stereocenters. The number of carbonyl (C=O) groups excluding carboxylic acids is 1. The van der Waals surface area contributed by atoms with Gasteiger partial charge in [0.15, 0.2) is 0 Å². The summed E-state index contributed by atoms with van der Waals surface area (Å²) in [4.78, 5) is 17.3. The van der Waals surface area contributed by atoms with Crippen molar-refractivity contribution in [2.24, 2.45) is 0 Å². The van der Waals surface area contributed by atoms with E-state index in [1.807, 2.05) is 6.92 Å². The van der Waals surface area contributed by atoms with Gasteiger partial charge in [0, 0.05) is 39.3 Å². The Bertz CT molecular complexity index is 655. The number of likely N-dealkylation sites (tertiary alicyclic amines) is 1. The van der Waals surface area contributed by atoms with Gasteiger partial charge in [-0.2, -0.15) is 0 Å². The average Bonchev–Trinajstić information content (AvgIpc) is 3.17. The summed E-state index contributed by atoms with van der Waals surface area (Å²) in [5.41, 5.74) is 1.41. The van der Waals surface area contributed by atoms with E-state index in [0.29, 0.717) is 19.8 Å². The molecular weight excluding hydrogens is 366 g/mol. The van der Waals surface area contributed by atoms with Crippen LogP contribution in [0.5, 0.6) is 0 Å². The summed E-state index contributed by atoms with van der Waals surface area (Å²) >= 11 is 0. The summed E-state index contributed by atoms with van der Waals surface area (Å²) in [6.45, 7) is 8.90. The first-order chi connectivity index (χ1) is 14.1. The maximum Gasteiger partial charge on any atom is 0.237 e. The number of benzene rings is 1. The van der Waals surface area contributed by atoms with Gasteiger partial charge in [-0.15, -0.1) is 0 Å². The summed E-state index contributed by atoms with van der Waals surface area (Å²) in [6, 6.07) is 10.6. The number of nitrogens with zero attached hydrogens (tertiary/aromatic N) is 2. The number of rotatable bonds is 6. The number of hydrogen-bond donors (Lipinski definition) is 1. The zero-order chi connectivity index (χ0) is 20.1. The van der Waals surface area contributed by atoms with Gasteiger partial charge in [-0.3, -0.25) is 14.6 Å². The molecule has 29 heavy (non-hydrogen) atoms. The first-order valence-electron chi connectivity index (χ1n) is 11.2. The van der Waals surface area contributed by atoms with Crippen LogP contribution < -0.4 is 5.32 Å². The number of amides is 1. The Hall–Kier alpha value is -1.47. The molecule has 4 rings (SSSR count). The van der Waals surface area contributed by atoms with Gasteiger partial charge in [-0.05, 0) is 38.2 Å². The molecule has 3 saturated heterocycles. The summed E-state index contributed by atoms with van der Waals surface area (Å²) in [5, 5.41) is 3.13. The lowest BCUT2D eigenvalue weighted by atomic mass is 9.88. The van der Waals surface area contributed by atoms with Gasteiger partial charge in [0.05, 0.1) is 31.0 Å². The van der Waals surface area contributed by atoms with Crippen molar-refractivity contribution < 1.29 is 14.3 Å². The van der Waals surface area contributed by atoms with Crippen molar-refractivity contribution in [3.8, 4) is 0 Å². The van der Waals surface area contributed by atoms with Crippen LogP contribution in [0.2, 0.25) is 0 Å². The Kier molecular flexibility index (Phi) is 6.85. The number of hydrogen-bond acceptors (Lipinski definition) is 5. The second-order valence-electron chi connectivity index (χ2n) is 8.79. The standard InChI is InChI=1S/C23H35N3O3/c1-19(26-13-15-28-16-14-26)22(27)24-17-21-7-8-23(29-21)9-11-25(12-10-23)18-20-5-3-2-4-6-20/h2-6,19,21H,7-18H2,1H3,(H,24,27)/t19-,21-/m1/s1. The van der Waals surface area contributed by atoms with Crippen molar-refractivity contribution in [3.05, 3.63) is 35.9 Å². The summed E-state index contributed by atoms with van der Waals surface area (Å²) in [5.74, 6) is 0.106. The fourth-order valence-corrected chi connectivity index (χ4v) is 4.86. The number of carbonyl (C=O) groups is 1. The van der Waals surface area contributed by atoms with Gasteiger partial charge in [0.2, 0.25) is 5.91 Å². The zero-order valence-corrected chi connectivity index (χ0v) is 17.6. The number of nitrogens with one attached hydrogen (secondary N) is 1. The van der Waals surface area contributed by atoms with Crippen molar-refractivity contribution in [1.82, 2.24) is 15.1 Å². The highest BCUT2D eigenvalue weighted by Gasteiger charge is 2.42. The van der Waals surface area contributed by atoms with Crippen molar-refractivity contribution >= 4 is 5.91 Å². The minimum atomic E-state index is -0.101. The minimum Gasteiger partial charge on any atom is -0.379 e. The van der Waals surface area contributed by atoms with Gasteiger partial charge >= 0.3 is 0 Å². The Morgan fingerprint density at radius 1 is 1.14 bits per heavy atom. The van der Waals surface area contributed by atoms with E-state index in [0.717, 1.165) is 58.4 Å². The van der Waals surface area contributed by atoms with Crippen LogP contribution in [0.4, 0.5) is 0 Å². The quantitative estimate of drug-likeness (QED) is 0.791. The van der Waals surface area contributed by atoms with Crippen molar-refractivity contribution in [2.45, 2.75) is 56.9 Å². The number of morpholine rings is 1. The number of ether oxygens (including phenoxy) is 2. The van der Waals surface area contributed by atoms with Crippen LogP contribution in [0.3, 0.4) is 0 Å². The van der Waals surface area contributed by atoms with Gasteiger partial charge in [-0.25, -0.2) is 0 Å². The lowest BCUT2D eigenvalue weighted by Crippen LogP contribution is -2.51. The molecule has 1 spiro atoms. The van der Waals surface area contributed by atoms with Crippen LogP contribution in [0.15, 0.2) is 30.3 Å². The fourth-order valence-electron chi connectivity index (χ4n) is 4.86. The zero-order valence-electron chi connectivity index (χ0n) is 17.6. The Morgan fingerprint density at radius 3 is 2.59 bits per heavy atom. The molecule has 0 aliphatic carbocycles. The molecule has 6 nitrogen and oxygen atoms in total. The molecule has 6 heteroatoms. The first kappa shape index (κ1) is 20.8. The molecule has 0 unspecified atom stereocenters. The lowest BCUT2D eigenvalue weighted by molar-refractivity contribution is -0.129. The monoisotopic (exact) mass is 401 g/mol. The summed E-state index contributed by atoms with van der Waals surface area (Å²) in [7, 11) is 0. The largest absolute Gasteiger partial charge is 0.379 e. The van der Waals surface area contributed by atoms with Crippen LogP contribution in [-0.2, 0) is 20.8 Å². The molecule has 0 saturated carbocycles. The third-order valence-electron chi connectivity index (χ3n) is 6.83. The highest BCUT2D eigenvalue weighted by atomic mass is 16.5. The highest BCUT2D eigenvalue weighted by molar-refractivity contribution is 5.81. The van der Waals surface area contributed by atoms with Crippen LogP contribution in [0, 0.1) is 0 Å². The molecule has 1 amide bonds. The van der Waals surface area contributed by atoms with E-state index in [4.69, 9.17) is 9.47 Å². The molecule has 3 aliphatic rings. The Morgan fingerprint density at radius 2 is 1.86 bits per heavy atom.